The highest BCUT2D eigenvalue weighted by Gasteiger charge is 2.33. The van der Waals surface area contributed by atoms with E-state index < -0.39 is 17.4 Å². The van der Waals surface area contributed by atoms with Gasteiger partial charge in [-0.15, -0.1) is 0 Å². The number of aryl methyl sites for hydroxylation is 1. The van der Waals surface area contributed by atoms with E-state index in [0.717, 1.165) is 11.0 Å². The van der Waals surface area contributed by atoms with Crippen molar-refractivity contribution in [1.29, 1.82) is 0 Å². The quantitative estimate of drug-likeness (QED) is 0.677. The van der Waals surface area contributed by atoms with Crippen molar-refractivity contribution in [1.82, 2.24) is 9.13 Å². The van der Waals surface area contributed by atoms with Crippen LogP contribution in [-0.2, 0) is 18.8 Å². The lowest BCUT2D eigenvalue weighted by Crippen LogP contribution is -2.41. The number of Topliss-reactive ketones (excluding diaryl/α,β-unsaturated/α-hetero) is 1. The van der Waals surface area contributed by atoms with Gasteiger partial charge < -0.3 is 9.30 Å². The van der Waals surface area contributed by atoms with E-state index in [9.17, 15) is 14.4 Å². The molecule has 0 saturated carbocycles. The summed E-state index contributed by atoms with van der Waals surface area (Å²) in [5.41, 5.74) is -0.999. The van der Waals surface area contributed by atoms with Crippen molar-refractivity contribution in [3.8, 4) is 0 Å². The van der Waals surface area contributed by atoms with Gasteiger partial charge in [0.1, 0.15) is 11.7 Å². The summed E-state index contributed by atoms with van der Waals surface area (Å²) in [6, 6.07) is 0. The minimum absolute atomic E-state index is 0.0124. The second-order valence-corrected chi connectivity index (χ2v) is 4.72. The molecule has 2 atom stereocenters. The van der Waals surface area contributed by atoms with Crippen LogP contribution in [0.25, 0.3) is 0 Å². The molecule has 0 spiro atoms. The first-order chi connectivity index (χ1) is 8.43. The Morgan fingerprint density at radius 3 is 2.61 bits per heavy atom. The SMILES string of the molecule is CC1CCOC1C(=O)c1cn(C)c(=O)n(C)c1=O. The summed E-state index contributed by atoms with van der Waals surface area (Å²) < 4.78 is 7.53. The highest BCUT2D eigenvalue weighted by Crippen LogP contribution is 2.22. The molecule has 2 heterocycles. The fourth-order valence-electron chi connectivity index (χ4n) is 2.16. The topological polar surface area (TPSA) is 70.3 Å². The molecule has 0 aromatic carbocycles. The van der Waals surface area contributed by atoms with Crippen molar-refractivity contribution in [3.63, 3.8) is 0 Å². The normalized spacial score (nSPS) is 23.3. The molecule has 0 bridgehead atoms. The third kappa shape index (κ3) is 1.92. The molecule has 1 aliphatic heterocycles. The predicted octanol–water partition coefficient (Wildman–Crippen LogP) is -0.308. The average Bonchev–Trinajstić information content (AvgIpc) is 2.76. The molecule has 1 saturated heterocycles. The van der Waals surface area contributed by atoms with Crippen LogP contribution in [0, 0.1) is 5.92 Å². The number of ether oxygens (including phenoxy) is 1. The first-order valence-corrected chi connectivity index (χ1v) is 5.86. The molecule has 0 aliphatic carbocycles. The van der Waals surface area contributed by atoms with Gasteiger partial charge in [-0.1, -0.05) is 6.92 Å². The van der Waals surface area contributed by atoms with Crippen molar-refractivity contribution in [2.24, 2.45) is 20.0 Å². The van der Waals surface area contributed by atoms with Crippen LogP contribution in [0.5, 0.6) is 0 Å². The zero-order valence-electron chi connectivity index (χ0n) is 10.7. The molecule has 0 amide bonds. The molecule has 98 valence electrons. The first kappa shape index (κ1) is 12.8. The average molecular weight is 252 g/mol. The van der Waals surface area contributed by atoms with E-state index in [-0.39, 0.29) is 17.3 Å². The van der Waals surface area contributed by atoms with Crippen LogP contribution in [0.2, 0.25) is 0 Å². The summed E-state index contributed by atoms with van der Waals surface area (Å²) >= 11 is 0. The third-order valence-electron chi connectivity index (χ3n) is 3.36. The zero-order valence-corrected chi connectivity index (χ0v) is 10.7. The van der Waals surface area contributed by atoms with Crippen molar-refractivity contribution in [2.75, 3.05) is 6.61 Å². The molecule has 1 aromatic rings. The number of aromatic nitrogens is 2. The lowest BCUT2D eigenvalue weighted by Gasteiger charge is -2.13. The van der Waals surface area contributed by atoms with E-state index in [1.165, 1.54) is 24.9 Å². The Kier molecular flexibility index (Phi) is 3.21. The minimum Gasteiger partial charge on any atom is -0.370 e. The molecule has 1 aliphatic rings. The lowest BCUT2D eigenvalue weighted by atomic mass is 9.97. The molecular weight excluding hydrogens is 236 g/mol. The molecule has 6 heteroatoms. The summed E-state index contributed by atoms with van der Waals surface area (Å²) in [6.45, 7) is 2.45. The smallest absolute Gasteiger partial charge is 0.330 e. The van der Waals surface area contributed by atoms with Gasteiger partial charge >= 0.3 is 5.69 Å². The molecule has 0 radical (unpaired) electrons. The van der Waals surface area contributed by atoms with Crippen LogP contribution in [0.3, 0.4) is 0 Å². The van der Waals surface area contributed by atoms with Gasteiger partial charge in [-0.3, -0.25) is 14.2 Å². The highest BCUT2D eigenvalue weighted by molar-refractivity contribution is 5.99. The summed E-state index contributed by atoms with van der Waals surface area (Å²) in [6.07, 6.45) is 1.53. The zero-order chi connectivity index (χ0) is 13.4. The van der Waals surface area contributed by atoms with Crippen molar-refractivity contribution in [2.45, 2.75) is 19.4 Å². The Morgan fingerprint density at radius 1 is 1.39 bits per heavy atom. The Morgan fingerprint density at radius 2 is 2.06 bits per heavy atom. The number of carbonyl (C=O) groups is 1. The molecule has 2 unspecified atom stereocenters. The van der Waals surface area contributed by atoms with Crippen LogP contribution in [0.4, 0.5) is 0 Å². The van der Waals surface area contributed by atoms with Gasteiger partial charge in [0.25, 0.3) is 5.56 Å². The molecule has 2 rings (SSSR count). The number of nitrogens with zero attached hydrogens (tertiary/aromatic N) is 2. The molecule has 18 heavy (non-hydrogen) atoms. The van der Waals surface area contributed by atoms with Crippen LogP contribution in [-0.4, -0.2) is 27.6 Å². The van der Waals surface area contributed by atoms with E-state index >= 15 is 0 Å². The number of hydrogen-bond donors (Lipinski definition) is 0. The van der Waals surface area contributed by atoms with Gasteiger partial charge in [0.2, 0.25) is 0 Å². The van der Waals surface area contributed by atoms with E-state index in [4.69, 9.17) is 4.74 Å². The monoisotopic (exact) mass is 252 g/mol. The summed E-state index contributed by atoms with van der Waals surface area (Å²) in [7, 11) is 2.87. The Bertz CT molecular complexity index is 599. The van der Waals surface area contributed by atoms with E-state index in [1.54, 1.807) is 0 Å². The summed E-state index contributed by atoms with van der Waals surface area (Å²) in [5.74, 6) is -0.240. The molecular formula is C12H16N2O4. The van der Waals surface area contributed by atoms with Crippen molar-refractivity contribution < 1.29 is 9.53 Å². The maximum atomic E-state index is 12.2. The van der Waals surface area contributed by atoms with Gasteiger partial charge in [-0.2, -0.15) is 0 Å². The fraction of sp³-hybridized carbons (Fsp3) is 0.583. The van der Waals surface area contributed by atoms with Crippen LogP contribution in [0.15, 0.2) is 15.8 Å². The molecule has 1 fully saturated rings. The van der Waals surface area contributed by atoms with Crippen molar-refractivity contribution in [3.05, 3.63) is 32.6 Å². The second kappa shape index (κ2) is 4.53. The standard InChI is InChI=1S/C12H16N2O4/c1-7-4-5-18-10(7)9(15)8-6-13(2)12(17)14(3)11(8)16/h6-7,10H,4-5H2,1-3H3. The summed E-state index contributed by atoms with van der Waals surface area (Å²) in [5, 5.41) is 0. The van der Waals surface area contributed by atoms with Gasteiger partial charge in [-0.05, 0) is 12.3 Å². The number of rotatable bonds is 2. The van der Waals surface area contributed by atoms with Gasteiger partial charge in [0.05, 0.1) is 0 Å². The van der Waals surface area contributed by atoms with Crippen LogP contribution >= 0.6 is 0 Å². The number of ketones is 1. The molecule has 1 aromatic heterocycles. The predicted molar refractivity (Wildman–Crippen MR) is 64.8 cm³/mol. The number of hydrogen-bond acceptors (Lipinski definition) is 4. The van der Waals surface area contributed by atoms with E-state index in [2.05, 4.69) is 0 Å². The highest BCUT2D eigenvalue weighted by atomic mass is 16.5. The van der Waals surface area contributed by atoms with Gasteiger partial charge in [0.15, 0.2) is 5.78 Å². The van der Waals surface area contributed by atoms with Crippen LogP contribution in [0.1, 0.15) is 23.7 Å². The lowest BCUT2D eigenvalue weighted by molar-refractivity contribution is 0.0576. The molecule has 6 nitrogen and oxygen atoms in total. The minimum atomic E-state index is -0.574. The largest absolute Gasteiger partial charge is 0.370 e. The summed E-state index contributed by atoms with van der Waals surface area (Å²) in [4.78, 5) is 35.7. The fourth-order valence-corrected chi connectivity index (χ4v) is 2.16. The number of carbonyl (C=O) groups excluding carboxylic acids is 1. The third-order valence-corrected chi connectivity index (χ3v) is 3.36. The Balaban J connectivity index is 2.49. The van der Waals surface area contributed by atoms with Gasteiger partial charge in [0, 0.05) is 26.9 Å². The molecule has 0 N–H and O–H groups in total. The maximum Gasteiger partial charge on any atom is 0.330 e. The van der Waals surface area contributed by atoms with Gasteiger partial charge in [-0.25, -0.2) is 4.79 Å². The first-order valence-electron chi connectivity index (χ1n) is 5.86. The van der Waals surface area contributed by atoms with Crippen LogP contribution < -0.4 is 11.2 Å². The second-order valence-electron chi connectivity index (χ2n) is 4.72. The van der Waals surface area contributed by atoms with E-state index in [1.807, 2.05) is 6.92 Å². The maximum absolute atomic E-state index is 12.2. The Labute approximate surface area is 104 Å². The van der Waals surface area contributed by atoms with Crippen molar-refractivity contribution >= 4 is 5.78 Å². The van der Waals surface area contributed by atoms with E-state index in [0.29, 0.717) is 6.61 Å². The Hall–Kier alpha value is -1.69.